The molecular formula is C12H26N2O. The fourth-order valence-corrected chi connectivity index (χ4v) is 2.06. The van der Waals surface area contributed by atoms with Gasteiger partial charge in [-0.1, -0.05) is 20.3 Å². The molecule has 15 heavy (non-hydrogen) atoms. The SMILES string of the molecule is COCC(NCC1CCCCN1)C(C)C. The minimum absolute atomic E-state index is 0.485. The molecule has 1 aliphatic rings. The summed E-state index contributed by atoms with van der Waals surface area (Å²) in [6.07, 6.45) is 4.02. The van der Waals surface area contributed by atoms with Crippen LogP contribution in [0.5, 0.6) is 0 Å². The van der Waals surface area contributed by atoms with Crippen molar-refractivity contribution >= 4 is 0 Å². The summed E-state index contributed by atoms with van der Waals surface area (Å²) in [6, 6.07) is 1.15. The molecule has 0 spiro atoms. The smallest absolute Gasteiger partial charge is 0.0618 e. The normalized spacial score (nSPS) is 24.4. The van der Waals surface area contributed by atoms with Crippen LogP contribution in [0.15, 0.2) is 0 Å². The van der Waals surface area contributed by atoms with E-state index in [1.165, 1.54) is 25.8 Å². The Morgan fingerprint density at radius 2 is 2.20 bits per heavy atom. The van der Waals surface area contributed by atoms with E-state index in [2.05, 4.69) is 24.5 Å². The summed E-state index contributed by atoms with van der Waals surface area (Å²) < 4.78 is 5.22. The summed E-state index contributed by atoms with van der Waals surface area (Å²) >= 11 is 0. The van der Waals surface area contributed by atoms with Gasteiger partial charge in [-0.05, 0) is 25.3 Å². The van der Waals surface area contributed by atoms with Gasteiger partial charge in [0.05, 0.1) is 6.61 Å². The monoisotopic (exact) mass is 214 g/mol. The highest BCUT2D eigenvalue weighted by Crippen LogP contribution is 2.07. The lowest BCUT2D eigenvalue weighted by molar-refractivity contribution is 0.144. The summed E-state index contributed by atoms with van der Waals surface area (Å²) in [5.74, 6) is 0.633. The number of rotatable bonds is 6. The second-order valence-electron chi connectivity index (χ2n) is 4.86. The first-order valence-corrected chi connectivity index (χ1v) is 6.19. The molecule has 1 aliphatic heterocycles. The van der Waals surface area contributed by atoms with Gasteiger partial charge in [-0.3, -0.25) is 0 Å². The molecule has 2 N–H and O–H groups in total. The zero-order valence-corrected chi connectivity index (χ0v) is 10.4. The van der Waals surface area contributed by atoms with Crippen LogP contribution in [0.4, 0.5) is 0 Å². The van der Waals surface area contributed by atoms with Gasteiger partial charge < -0.3 is 15.4 Å². The van der Waals surface area contributed by atoms with E-state index in [0.717, 1.165) is 13.2 Å². The predicted octanol–water partition coefficient (Wildman–Crippen LogP) is 1.39. The third kappa shape index (κ3) is 4.96. The molecule has 3 heteroatoms. The Morgan fingerprint density at radius 3 is 2.73 bits per heavy atom. The third-order valence-corrected chi connectivity index (χ3v) is 3.19. The summed E-state index contributed by atoms with van der Waals surface area (Å²) in [6.45, 7) is 7.55. The molecule has 0 aromatic rings. The Balaban J connectivity index is 2.19. The van der Waals surface area contributed by atoms with Gasteiger partial charge in [0, 0.05) is 25.7 Å². The largest absolute Gasteiger partial charge is 0.383 e. The molecule has 2 unspecified atom stereocenters. The summed E-state index contributed by atoms with van der Waals surface area (Å²) in [5, 5.41) is 7.15. The molecule has 0 bridgehead atoms. The second kappa shape index (κ2) is 7.20. The molecule has 1 fully saturated rings. The van der Waals surface area contributed by atoms with Crippen LogP contribution in [0.3, 0.4) is 0 Å². The number of methoxy groups -OCH3 is 1. The summed E-state index contributed by atoms with van der Waals surface area (Å²) in [5.41, 5.74) is 0. The van der Waals surface area contributed by atoms with Gasteiger partial charge in [0.15, 0.2) is 0 Å². The predicted molar refractivity (Wildman–Crippen MR) is 64.1 cm³/mol. The standard InChI is InChI=1S/C12H26N2O/c1-10(2)12(9-15-3)14-8-11-6-4-5-7-13-11/h10-14H,4-9H2,1-3H3. The van der Waals surface area contributed by atoms with Gasteiger partial charge in [-0.2, -0.15) is 0 Å². The van der Waals surface area contributed by atoms with Crippen molar-refractivity contribution in [1.29, 1.82) is 0 Å². The van der Waals surface area contributed by atoms with E-state index >= 15 is 0 Å². The van der Waals surface area contributed by atoms with Gasteiger partial charge in [-0.25, -0.2) is 0 Å². The zero-order chi connectivity index (χ0) is 11.1. The van der Waals surface area contributed by atoms with Gasteiger partial charge in [0.2, 0.25) is 0 Å². The van der Waals surface area contributed by atoms with Crippen LogP contribution < -0.4 is 10.6 Å². The third-order valence-electron chi connectivity index (χ3n) is 3.19. The minimum Gasteiger partial charge on any atom is -0.383 e. The first-order chi connectivity index (χ1) is 7.24. The molecule has 1 rings (SSSR count). The highest BCUT2D eigenvalue weighted by atomic mass is 16.5. The first kappa shape index (κ1) is 12.9. The molecule has 0 aromatic carbocycles. The van der Waals surface area contributed by atoms with E-state index in [0.29, 0.717) is 18.0 Å². The Hall–Kier alpha value is -0.120. The second-order valence-corrected chi connectivity index (χ2v) is 4.86. The molecule has 0 aliphatic carbocycles. The Labute approximate surface area is 94.0 Å². The van der Waals surface area contributed by atoms with Crippen molar-refractivity contribution in [3.05, 3.63) is 0 Å². The average Bonchev–Trinajstić information content (AvgIpc) is 2.25. The van der Waals surface area contributed by atoms with E-state index in [1.807, 2.05) is 0 Å². The van der Waals surface area contributed by atoms with Crippen LogP contribution in [-0.4, -0.2) is 38.9 Å². The van der Waals surface area contributed by atoms with Gasteiger partial charge in [0.25, 0.3) is 0 Å². The fourth-order valence-electron chi connectivity index (χ4n) is 2.06. The van der Waals surface area contributed by atoms with E-state index in [1.54, 1.807) is 7.11 Å². The maximum atomic E-state index is 5.22. The number of hydrogen-bond donors (Lipinski definition) is 2. The highest BCUT2D eigenvalue weighted by molar-refractivity contribution is 4.78. The van der Waals surface area contributed by atoms with Crippen LogP contribution in [0.2, 0.25) is 0 Å². The Kier molecular flexibility index (Phi) is 6.22. The van der Waals surface area contributed by atoms with Crippen molar-refractivity contribution in [3.8, 4) is 0 Å². The van der Waals surface area contributed by atoms with Crippen molar-refractivity contribution in [3.63, 3.8) is 0 Å². The lowest BCUT2D eigenvalue weighted by atomic mass is 10.0. The van der Waals surface area contributed by atoms with E-state index in [9.17, 15) is 0 Å². The van der Waals surface area contributed by atoms with Crippen molar-refractivity contribution in [2.24, 2.45) is 5.92 Å². The van der Waals surface area contributed by atoms with Crippen LogP contribution in [0.25, 0.3) is 0 Å². The van der Waals surface area contributed by atoms with Crippen molar-refractivity contribution < 1.29 is 4.74 Å². The summed E-state index contributed by atoms with van der Waals surface area (Å²) in [7, 11) is 1.77. The van der Waals surface area contributed by atoms with Crippen molar-refractivity contribution in [2.45, 2.75) is 45.2 Å². The Bertz CT molecular complexity index is 156. The molecule has 0 saturated carbocycles. The Morgan fingerprint density at radius 1 is 1.40 bits per heavy atom. The van der Waals surface area contributed by atoms with Crippen LogP contribution in [0, 0.1) is 5.92 Å². The number of nitrogens with one attached hydrogen (secondary N) is 2. The van der Waals surface area contributed by atoms with E-state index < -0.39 is 0 Å². The number of hydrogen-bond acceptors (Lipinski definition) is 3. The maximum Gasteiger partial charge on any atom is 0.0618 e. The number of ether oxygens (including phenoxy) is 1. The highest BCUT2D eigenvalue weighted by Gasteiger charge is 2.16. The molecular weight excluding hydrogens is 188 g/mol. The van der Waals surface area contributed by atoms with Crippen LogP contribution >= 0.6 is 0 Å². The van der Waals surface area contributed by atoms with Gasteiger partial charge in [-0.15, -0.1) is 0 Å². The van der Waals surface area contributed by atoms with Crippen molar-refractivity contribution in [2.75, 3.05) is 26.8 Å². The van der Waals surface area contributed by atoms with Crippen molar-refractivity contribution in [1.82, 2.24) is 10.6 Å². The van der Waals surface area contributed by atoms with Crippen LogP contribution in [-0.2, 0) is 4.74 Å². The number of piperidine rings is 1. The first-order valence-electron chi connectivity index (χ1n) is 6.19. The maximum absolute atomic E-state index is 5.22. The zero-order valence-electron chi connectivity index (χ0n) is 10.4. The lowest BCUT2D eigenvalue weighted by Gasteiger charge is -2.28. The molecule has 0 amide bonds. The summed E-state index contributed by atoms with van der Waals surface area (Å²) in [4.78, 5) is 0. The van der Waals surface area contributed by atoms with Crippen LogP contribution in [0.1, 0.15) is 33.1 Å². The molecule has 0 radical (unpaired) electrons. The average molecular weight is 214 g/mol. The topological polar surface area (TPSA) is 33.3 Å². The molecule has 3 nitrogen and oxygen atoms in total. The molecule has 1 heterocycles. The molecule has 0 aromatic heterocycles. The quantitative estimate of drug-likeness (QED) is 0.701. The van der Waals surface area contributed by atoms with E-state index in [4.69, 9.17) is 4.74 Å². The fraction of sp³-hybridized carbons (Fsp3) is 1.00. The van der Waals surface area contributed by atoms with Gasteiger partial charge in [0.1, 0.15) is 0 Å². The van der Waals surface area contributed by atoms with E-state index in [-0.39, 0.29) is 0 Å². The van der Waals surface area contributed by atoms with Gasteiger partial charge >= 0.3 is 0 Å². The molecule has 90 valence electrons. The molecule has 2 atom stereocenters. The lowest BCUT2D eigenvalue weighted by Crippen LogP contribution is -2.47. The molecule has 1 saturated heterocycles. The minimum atomic E-state index is 0.485.